The number of fused-ring (bicyclic) bond motifs is 2. The Balaban J connectivity index is 0.000000264. The van der Waals surface area contributed by atoms with Gasteiger partial charge in [-0.15, -0.1) is 69.1 Å². The van der Waals surface area contributed by atoms with Gasteiger partial charge in [-0.2, -0.15) is 12.1 Å². The van der Waals surface area contributed by atoms with Gasteiger partial charge >= 0.3 is 37.9 Å². The van der Waals surface area contributed by atoms with Gasteiger partial charge in [-0.3, -0.25) is 0 Å². The van der Waals surface area contributed by atoms with Crippen LogP contribution in [0.5, 0.6) is 0 Å². The van der Waals surface area contributed by atoms with E-state index in [1.807, 2.05) is 0 Å². The van der Waals surface area contributed by atoms with Crippen molar-refractivity contribution in [2.45, 2.75) is 145 Å². The second-order valence-corrected chi connectivity index (χ2v) is 23.1. The van der Waals surface area contributed by atoms with Crippen LogP contribution in [0.1, 0.15) is 154 Å². The number of hydrogen-bond donors (Lipinski definition) is 0. The molecule has 0 aliphatic rings. The Bertz CT molecular complexity index is 1980. The van der Waals surface area contributed by atoms with Crippen LogP contribution < -0.4 is 0 Å². The molecule has 6 aromatic carbocycles. The molecule has 0 nitrogen and oxygen atoms in total. The van der Waals surface area contributed by atoms with Gasteiger partial charge in [-0.05, 0) is 56.8 Å². The molecule has 0 aliphatic heterocycles. The van der Waals surface area contributed by atoms with E-state index in [9.17, 15) is 0 Å². The van der Waals surface area contributed by atoms with Crippen LogP contribution >= 0.6 is 17.0 Å². The molecular formula is C52H68Cl2SiZr. The third kappa shape index (κ3) is 11.9. The summed E-state index contributed by atoms with van der Waals surface area (Å²) in [6, 6.07) is 36.8. The van der Waals surface area contributed by atoms with Gasteiger partial charge in [-0.25, -0.2) is 0 Å². The molecule has 0 amide bonds. The SMILES string of the molecule is CC(C)c1ccccc1-c1c(C(C)C)ccc2[cH-]c(C(C)(C)C)cc12.CC(C)c1ccccc1-c1c(C(C)C)ccc2[cH-]c(C(C)(C)C)cc12.C[Si]C.[Cl][Zr+2][Cl]. The number of rotatable bonds is 6. The maximum atomic E-state index is 4.93. The zero-order chi connectivity index (χ0) is 42.1. The summed E-state index contributed by atoms with van der Waals surface area (Å²) in [7, 11) is 11.0. The Morgan fingerprint density at radius 2 is 0.768 bits per heavy atom. The zero-order valence-electron chi connectivity index (χ0n) is 37.3. The zero-order valence-corrected chi connectivity index (χ0v) is 42.3. The molecule has 0 aliphatic carbocycles. The van der Waals surface area contributed by atoms with Crippen LogP contribution in [0.15, 0.2) is 97.1 Å². The molecule has 0 fully saturated rings. The van der Waals surface area contributed by atoms with Gasteiger partial charge in [-0.1, -0.05) is 181 Å². The van der Waals surface area contributed by atoms with Crippen LogP contribution in [-0.2, 0) is 31.7 Å². The molecule has 0 N–H and O–H groups in total. The Labute approximate surface area is 363 Å². The first-order valence-electron chi connectivity index (χ1n) is 20.4. The second kappa shape index (κ2) is 21.2. The summed E-state index contributed by atoms with van der Waals surface area (Å²) in [4.78, 5) is 0. The topological polar surface area (TPSA) is 0 Å². The van der Waals surface area contributed by atoms with Gasteiger partial charge in [0.1, 0.15) is 0 Å². The van der Waals surface area contributed by atoms with Crippen molar-refractivity contribution in [3.05, 3.63) is 130 Å². The minimum absolute atomic E-state index is 0.172. The Morgan fingerprint density at radius 3 is 1.04 bits per heavy atom. The van der Waals surface area contributed by atoms with E-state index in [1.165, 1.54) is 77.2 Å². The van der Waals surface area contributed by atoms with Crippen LogP contribution in [0.3, 0.4) is 0 Å². The minimum atomic E-state index is -0.826. The number of hydrogen-bond acceptors (Lipinski definition) is 0. The normalized spacial score (nSPS) is 11.7. The first-order chi connectivity index (χ1) is 26.2. The van der Waals surface area contributed by atoms with E-state index < -0.39 is 20.8 Å². The van der Waals surface area contributed by atoms with Crippen molar-refractivity contribution in [3.8, 4) is 22.3 Å². The number of halogens is 2. The molecule has 298 valence electrons. The Hall–Kier alpha value is -2.22. The van der Waals surface area contributed by atoms with Gasteiger partial charge in [0, 0.05) is 9.52 Å². The molecule has 6 aromatic rings. The van der Waals surface area contributed by atoms with E-state index in [-0.39, 0.29) is 10.8 Å². The molecule has 2 radical (unpaired) electrons. The number of benzene rings is 4. The van der Waals surface area contributed by atoms with E-state index in [1.54, 1.807) is 0 Å². The fourth-order valence-electron chi connectivity index (χ4n) is 7.48. The maximum absolute atomic E-state index is 4.93. The average Bonchev–Trinajstić information content (AvgIpc) is 3.77. The molecule has 0 saturated heterocycles. The summed E-state index contributed by atoms with van der Waals surface area (Å²) in [6.45, 7) is 36.5. The quantitative estimate of drug-likeness (QED) is 0.115. The standard InChI is InChI=1S/2C25H31.C2H6Si.2ClH.Zr/c2*1-16(2)20-10-8-9-11-22(20)24-21(17(3)4)13-12-18-14-19(15-23(18)24)25(5,6)7;1-3-2;;;/h2*8-17H,1-7H3;1-2H3;2*1H;/q2*-1;;;;+4/p-2. The van der Waals surface area contributed by atoms with Crippen molar-refractivity contribution in [2.75, 3.05) is 0 Å². The fourth-order valence-corrected chi connectivity index (χ4v) is 7.48. The van der Waals surface area contributed by atoms with Crippen LogP contribution in [-0.4, -0.2) is 9.52 Å². The average molecular weight is 883 g/mol. The molecule has 0 saturated carbocycles. The second-order valence-electron chi connectivity index (χ2n) is 18.4. The van der Waals surface area contributed by atoms with E-state index in [0.717, 1.165) is 9.52 Å². The molecule has 0 atom stereocenters. The van der Waals surface area contributed by atoms with Gasteiger partial charge < -0.3 is 0 Å². The summed E-state index contributed by atoms with van der Waals surface area (Å²) in [6.07, 6.45) is 0. The summed E-state index contributed by atoms with van der Waals surface area (Å²) < 4.78 is 0. The molecule has 0 unspecified atom stereocenters. The Kier molecular flexibility index (Phi) is 18.2. The van der Waals surface area contributed by atoms with Gasteiger partial charge in [0.15, 0.2) is 0 Å². The molecule has 0 heterocycles. The van der Waals surface area contributed by atoms with Crippen molar-refractivity contribution < 1.29 is 20.8 Å². The summed E-state index contributed by atoms with van der Waals surface area (Å²) in [5.74, 6) is 2.05. The third-order valence-corrected chi connectivity index (χ3v) is 10.5. The van der Waals surface area contributed by atoms with Gasteiger partial charge in [0.05, 0.1) is 0 Å². The summed E-state index contributed by atoms with van der Waals surface area (Å²) in [5.41, 5.74) is 14.6. The van der Waals surface area contributed by atoms with Crippen molar-refractivity contribution in [2.24, 2.45) is 0 Å². The monoisotopic (exact) mass is 880 g/mol. The first-order valence-corrected chi connectivity index (χ1v) is 28.8. The first kappa shape index (κ1) is 48.2. The van der Waals surface area contributed by atoms with E-state index >= 15 is 0 Å². The van der Waals surface area contributed by atoms with Crippen LogP contribution in [0.25, 0.3) is 43.8 Å². The molecule has 0 spiro atoms. The van der Waals surface area contributed by atoms with Crippen LogP contribution in [0.2, 0.25) is 13.1 Å². The fraction of sp³-hybridized carbons (Fsp3) is 0.423. The van der Waals surface area contributed by atoms with E-state index in [2.05, 4.69) is 207 Å². The Morgan fingerprint density at radius 1 is 0.482 bits per heavy atom. The van der Waals surface area contributed by atoms with E-state index in [0.29, 0.717) is 23.7 Å². The summed E-state index contributed by atoms with van der Waals surface area (Å²) in [5, 5.41) is 5.54. The predicted molar refractivity (Wildman–Crippen MR) is 253 cm³/mol. The van der Waals surface area contributed by atoms with Gasteiger partial charge in [0.2, 0.25) is 0 Å². The summed E-state index contributed by atoms with van der Waals surface area (Å²) >= 11 is -0.826. The molecule has 6 rings (SSSR count). The van der Waals surface area contributed by atoms with E-state index in [4.69, 9.17) is 17.0 Å². The van der Waals surface area contributed by atoms with Crippen molar-refractivity contribution in [1.82, 2.24) is 0 Å². The molecule has 4 heteroatoms. The molecule has 56 heavy (non-hydrogen) atoms. The van der Waals surface area contributed by atoms with Crippen molar-refractivity contribution in [1.29, 1.82) is 0 Å². The predicted octanol–water partition coefficient (Wildman–Crippen LogP) is 17.7. The third-order valence-electron chi connectivity index (χ3n) is 10.5. The van der Waals surface area contributed by atoms with Crippen LogP contribution in [0.4, 0.5) is 0 Å². The van der Waals surface area contributed by atoms with Gasteiger partial charge in [0.25, 0.3) is 0 Å². The van der Waals surface area contributed by atoms with Crippen molar-refractivity contribution in [3.63, 3.8) is 0 Å². The molecule has 0 aromatic heterocycles. The molecule has 0 bridgehead atoms. The van der Waals surface area contributed by atoms with Crippen molar-refractivity contribution >= 4 is 48.1 Å². The van der Waals surface area contributed by atoms with Crippen LogP contribution in [0, 0.1) is 0 Å². The molecular weight excluding hydrogens is 815 g/mol.